The van der Waals surface area contributed by atoms with E-state index < -0.39 is 37.3 Å². The Morgan fingerprint density at radius 2 is 1.95 bits per heavy atom. The molecule has 1 aromatic heterocycles. The number of carboxylic acid groups (broad SMARTS) is 1. The van der Waals surface area contributed by atoms with Crippen molar-refractivity contribution >= 4 is 25.8 Å². The molecular weight excluding hydrogens is 324 g/mol. The third kappa shape index (κ3) is 3.77. The molecule has 21 heavy (non-hydrogen) atoms. The number of aromatic carboxylic acids is 1. The van der Waals surface area contributed by atoms with E-state index in [1.165, 1.54) is 10.9 Å². The van der Waals surface area contributed by atoms with Gasteiger partial charge in [-0.15, -0.1) is 5.10 Å². The van der Waals surface area contributed by atoms with Crippen LogP contribution in [-0.4, -0.2) is 78.1 Å². The number of hydrogen-bond donors (Lipinski definition) is 1. The van der Waals surface area contributed by atoms with Gasteiger partial charge in [0.05, 0.1) is 23.7 Å². The van der Waals surface area contributed by atoms with Crippen molar-refractivity contribution in [1.82, 2.24) is 19.3 Å². The molecule has 0 atom stereocenters. The van der Waals surface area contributed by atoms with Crippen molar-refractivity contribution in [2.75, 3.05) is 30.9 Å². The molecule has 0 aromatic carbocycles. The maximum atomic E-state index is 11.9. The average molecular weight is 338 g/mol. The van der Waals surface area contributed by atoms with E-state index in [0.29, 0.717) is 0 Å². The molecule has 10 nitrogen and oxygen atoms in total. The summed E-state index contributed by atoms with van der Waals surface area (Å²) < 4.78 is 48.2. The molecule has 0 amide bonds. The van der Waals surface area contributed by atoms with Gasteiger partial charge in [0, 0.05) is 19.3 Å². The van der Waals surface area contributed by atoms with Gasteiger partial charge in [0.15, 0.2) is 5.69 Å². The predicted molar refractivity (Wildman–Crippen MR) is 71.1 cm³/mol. The average Bonchev–Trinajstić information content (AvgIpc) is 2.72. The Labute approximate surface area is 121 Å². The second kappa shape index (κ2) is 5.35. The molecule has 0 bridgehead atoms. The van der Waals surface area contributed by atoms with Crippen LogP contribution in [0.3, 0.4) is 0 Å². The van der Waals surface area contributed by atoms with Crippen LogP contribution in [0.5, 0.6) is 0 Å². The van der Waals surface area contributed by atoms with Gasteiger partial charge in [-0.25, -0.2) is 26.3 Å². The molecule has 1 aromatic rings. The van der Waals surface area contributed by atoms with Gasteiger partial charge < -0.3 is 5.11 Å². The number of nitrogens with zero attached hydrogens (tertiary/aromatic N) is 4. The first-order chi connectivity index (χ1) is 9.58. The summed E-state index contributed by atoms with van der Waals surface area (Å²) in [5.41, 5.74) is -0.214. The first kappa shape index (κ1) is 15.9. The summed E-state index contributed by atoms with van der Waals surface area (Å²) in [7, 11) is -6.98. The highest BCUT2D eigenvalue weighted by Gasteiger charge is 2.37. The maximum absolute atomic E-state index is 11.9. The lowest BCUT2D eigenvalue weighted by Gasteiger charge is -2.37. The fraction of sp³-hybridized carbons (Fsp3) is 0.667. The number of aromatic nitrogens is 3. The van der Waals surface area contributed by atoms with E-state index in [-0.39, 0.29) is 24.8 Å². The van der Waals surface area contributed by atoms with Crippen LogP contribution in [0.15, 0.2) is 6.20 Å². The van der Waals surface area contributed by atoms with Crippen molar-refractivity contribution in [3.05, 3.63) is 11.9 Å². The second-order valence-corrected chi connectivity index (χ2v) is 9.15. The molecule has 0 saturated carbocycles. The van der Waals surface area contributed by atoms with Crippen LogP contribution < -0.4 is 0 Å². The zero-order valence-corrected chi connectivity index (χ0v) is 12.7. The van der Waals surface area contributed by atoms with Crippen molar-refractivity contribution in [2.24, 2.45) is 0 Å². The number of carboxylic acids is 1. The standard InChI is InChI=1S/C9H14N4O6S2/c1-20(16,17)2-3-21(18,19)12-4-7(5-12)13-6-8(9(14)15)10-11-13/h6-7H,2-5H2,1H3,(H,14,15). The molecule has 0 aliphatic carbocycles. The predicted octanol–water partition coefficient (Wildman–Crippen LogP) is -1.79. The first-order valence-corrected chi connectivity index (χ1v) is 9.56. The minimum Gasteiger partial charge on any atom is -0.476 e. The van der Waals surface area contributed by atoms with Gasteiger partial charge in [0.25, 0.3) is 0 Å². The number of sulfone groups is 1. The first-order valence-electron chi connectivity index (χ1n) is 5.89. The van der Waals surface area contributed by atoms with E-state index in [2.05, 4.69) is 10.3 Å². The number of rotatable bonds is 6. The van der Waals surface area contributed by atoms with E-state index in [4.69, 9.17) is 5.11 Å². The SMILES string of the molecule is CS(=O)(=O)CCS(=O)(=O)N1CC(n2cc(C(=O)O)nn2)C1. The minimum atomic E-state index is -3.63. The fourth-order valence-electron chi connectivity index (χ4n) is 1.75. The highest BCUT2D eigenvalue weighted by atomic mass is 32.2. The molecular formula is C9H14N4O6S2. The van der Waals surface area contributed by atoms with Crippen LogP contribution in [0.25, 0.3) is 0 Å². The molecule has 0 radical (unpaired) electrons. The van der Waals surface area contributed by atoms with E-state index in [1.807, 2.05) is 0 Å². The topological polar surface area (TPSA) is 140 Å². The Hall–Kier alpha value is -1.53. The van der Waals surface area contributed by atoms with Gasteiger partial charge in [-0.05, 0) is 0 Å². The lowest BCUT2D eigenvalue weighted by molar-refractivity contribution is 0.0690. The summed E-state index contributed by atoms with van der Waals surface area (Å²) in [5, 5.41) is 15.8. The van der Waals surface area contributed by atoms with Crippen LogP contribution in [0.2, 0.25) is 0 Å². The van der Waals surface area contributed by atoms with Crippen molar-refractivity contribution in [3.63, 3.8) is 0 Å². The molecule has 0 unspecified atom stereocenters. The summed E-state index contributed by atoms with van der Waals surface area (Å²) in [5.74, 6) is -2.10. The molecule has 2 heterocycles. The van der Waals surface area contributed by atoms with Crippen LogP contribution in [0.1, 0.15) is 16.5 Å². The largest absolute Gasteiger partial charge is 0.476 e. The molecule has 0 spiro atoms. The number of carbonyl (C=O) groups is 1. The Morgan fingerprint density at radius 1 is 1.33 bits per heavy atom. The van der Waals surface area contributed by atoms with E-state index in [1.54, 1.807) is 0 Å². The molecule has 1 saturated heterocycles. The molecule has 1 aliphatic rings. The van der Waals surface area contributed by atoms with Gasteiger partial charge >= 0.3 is 5.97 Å². The van der Waals surface area contributed by atoms with E-state index >= 15 is 0 Å². The number of sulfonamides is 1. The van der Waals surface area contributed by atoms with Gasteiger partial charge in [0.1, 0.15) is 9.84 Å². The van der Waals surface area contributed by atoms with Crippen LogP contribution >= 0.6 is 0 Å². The summed E-state index contributed by atoms with van der Waals surface area (Å²) in [6, 6.07) is -0.293. The van der Waals surface area contributed by atoms with Gasteiger partial charge in [-0.3, -0.25) is 0 Å². The van der Waals surface area contributed by atoms with Gasteiger partial charge in [-0.1, -0.05) is 5.21 Å². The minimum absolute atomic E-state index is 0.120. The third-order valence-electron chi connectivity index (χ3n) is 3.04. The summed E-state index contributed by atoms with van der Waals surface area (Å²) in [6.07, 6.45) is 2.21. The zero-order chi connectivity index (χ0) is 15.8. The Bertz CT molecular complexity index is 747. The normalized spacial score (nSPS) is 17.6. The lowest BCUT2D eigenvalue weighted by atomic mass is 10.2. The van der Waals surface area contributed by atoms with Gasteiger partial charge in [-0.2, -0.15) is 4.31 Å². The van der Waals surface area contributed by atoms with Crippen molar-refractivity contribution in [3.8, 4) is 0 Å². The van der Waals surface area contributed by atoms with Crippen LogP contribution in [0.4, 0.5) is 0 Å². The Balaban J connectivity index is 1.95. The molecule has 1 fully saturated rings. The van der Waals surface area contributed by atoms with E-state index in [0.717, 1.165) is 10.6 Å². The third-order valence-corrected chi connectivity index (χ3v) is 6.05. The lowest BCUT2D eigenvalue weighted by Crippen LogP contribution is -2.52. The summed E-state index contributed by atoms with van der Waals surface area (Å²) in [6.45, 7) is 0.239. The van der Waals surface area contributed by atoms with Crippen LogP contribution in [-0.2, 0) is 19.9 Å². The highest BCUT2D eigenvalue weighted by Crippen LogP contribution is 2.23. The smallest absolute Gasteiger partial charge is 0.358 e. The molecule has 118 valence electrons. The van der Waals surface area contributed by atoms with E-state index in [9.17, 15) is 21.6 Å². The fourth-order valence-corrected chi connectivity index (χ4v) is 4.86. The molecule has 12 heteroatoms. The van der Waals surface area contributed by atoms with Crippen molar-refractivity contribution in [1.29, 1.82) is 0 Å². The maximum Gasteiger partial charge on any atom is 0.358 e. The van der Waals surface area contributed by atoms with Crippen molar-refractivity contribution < 1.29 is 26.7 Å². The quantitative estimate of drug-likeness (QED) is 0.641. The van der Waals surface area contributed by atoms with Gasteiger partial charge in [0.2, 0.25) is 10.0 Å². The second-order valence-electron chi connectivity index (χ2n) is 4.81. The van der Waals surface area contributed by atoms with Crippen LogP contribution in [0, 0.1) is 0 Å². The van der Waals surface area contributed by atoms with Crippen molar-refractivity contribution in [2.45, 2.75) is 6.04 Å². The Morgan fingerprint density at radius 3 is 2.43 bits per heavy atom. The number of hydrogen-bond acceptors (Lipinski definition) is 7. The zero-order valence-electron chi connectivity index (χ0n) is 11.1. The molecule has 2 rings (SSSR count). The molecule has 1 N–H and O–H groups in total. The summed E-state index contributed by atoms with van der Waals surface area (Å²) >= 11 is 0. The monoisotopic (exact) mass is 338 g/mol. The molecule has 1 aliphatic heterocycles. The Kier molecular flexibility index (Phi) is 4.04. The highest BCUT2D eigenvalue weighted by molar-refractivity contribution is 7.93. The summed E-state index contributed by atoms with van der Waals surface area (Å²) in [4.78, 5) is 10.7.